The van der Waals surface area contributed by atoms with Crippen LogP contribution in [-0.2, 0) is 16.2 Å². The molecule has 15 heteroatoms. The van der Waals surface area contributed by atoms with E-state index in [9.17, 15) is 31.2 Å². The molecule has 1 aliphatic rings. The molecule has 3 aromatic carbocycles. The van der Waals surface area contributed by atoms with Gasteiger partial charge in [0.25, 0.3) is 11.8 Å². The molecule has 11 nitrogen and oxygen atoms in total. The molecule has 4 rings (SSSR count). The topological polar surface area (TPSA) is 144 Å². The smallest absolute Gasteiger partial charge is 0.342 e. The number of sulfonamides is 1. The zero-order chi connectivity index (χ0) is 35.8. The summed E-state index contributed by atoms with van der Waals surface area (Å²) in [5, 5.41) is 8.45. The number of hydrogen-bond acceptors (Lipinski definition) is 8. The molecule has 4 N–H and O–H groups in total. The van der Waals surface area contributed by atoms with Crippen molar-refractivity contribution < 1.29 is 31.2 Å². The molecule has 1 aliphatic heterocycles. The highest BCUT2D eigenvalue weighted by molar-refractivity contribution is 7.89. The third-order valence-electron chi connectivity index (χ3n) is 7.61. The van der Waals surface area contributed by atoms with Crippen molar-refractivity contribution in [3.63, 3.8) is 0 Å². The largest absolute Gasteiger partial charge is 0.416 e. The van der Waals surface area contributed by atoms with Crippen molar-refractivity contribution in [3.8, 4) is 0 Å². The second kappa shape index (κ2) is 16.0. The number of hydrogen-bond donors (Lipinski definition) is 4. The Kier molecular flexibility index (Phi) is 12.1. The number of anilines is 2. The van der Waals surface area contributed by atoms with E-state index in [-0.39, 0.29) is 34.2 Å². The number of nitrogens with one attached hydrogen (secondary N) is 4. The molecule has 0 radical (unpaired) electrons. The highest BCUT2D eigenvalue weighted by atomic mass is 32.2. The van der Waals surface area contributed by atoms with Crippen LogP contribution in [0.1, 0.15) is 45.2 Å². The minimum Gasteiger partial charge on any atom is -0.342 e. The number of amides is 2. The average molecular weight is 698 g/mol. The number of guanidine groups is 1. The van der Waals surface area contributed by atoms with E-state index in [1.165, 1.54) is 30.5 Å². The molecule has 260 valence electrons. The third-order valence-corrected chi connectivity index (χ3v) is 9.09. The number of aryl methyl sites for hydroxylation is 1. The van der Waals surface area contributed by atoms with Gasteiger partial charge in [-0.15, -0.1) is 6.58 Å². The van der Waals surface area contributed by atoms with Crippen molar-refractivity contribution >= 4 is 45.4 Å². The molecule has 0 fully saturated rings. The van der Waals surface area contributed by atoms with Gasteiger partial charge in [0.05, 0.1) is 22.5 Å². The van der Waals surface area contributed by atoms with E-state index in [4.69, 9.17) is 0 Å². The van der Waals surface area contributed by atoms with Gasteiger partial charge < -0.3 is 20.9 Å². The molecule has 1 heterocycles. The van der Waals surface area contributed by atoms with E-state index in [2.05, 4.69) is 37.2 Å². The summed E-state index contributed by atoms with van der Waals surface area (Å²) in [7, 11) is -1.78. The summed E-state index contributed by atoms with van der Waals surface area (Å²) < 4.78 is 67.2. The van der Waals surface area contributed by atoms with Crippen LogP contribution in [0.25, 0.3) is 0 Å². The molecule has 0 spiro atoms. The van der Waals surface area contributed by atoms with Gasteiger partial charge in [-0.1, -0.05) is 18.2 Å². The summed E-state index contributed by atoms with van der Waals surface area (Å²) in [6.45, 7) is 8.79. The van der Waals surface area contributed by atoms with E-state index in [1.54, 1.807) is 38.1 Å². The van der Waals surface area contributed by atoms with Gasteiger partial charge >= 0.3 is 6.18 Å². The Hall–Kier alpha value is -4.86. The van der Waals surface area contributed by atoms with Crippen molar-refractivity contribution in [3.05, 3.63) is 102 Å². The maximum atomic E-state index is 13.2. The number of halogens is 3. The minimum atomic E-state index is -4.59. The summed E-state index contributed by atoms with van der Waals surface area (Å²) in [6.07, 6.45) is -0.438. The minimum absolute atomic E-state index is 0.117. The molecular weight excluding hydrogens is 659 g/mol. The lowest BCUT2D eigenvalue weighted by molar-refractivity contribution is -0.137. The standard InChI is InChI=1S/C34H38F3N7O4S/c1-5-6-17-44(4)18-16-39-49(47,48)28-14-12-26(13-15-28)42-33-38-21-30(23(3)40-33)43-32(46)29-20-27(11-10-22(29)2)41-31(45)24-8-7-9-25(19-24)34(35,36)37/h5,7-15,19-21,23,30,39H,1,6,16-18H2,2-4H3,(H,40,42)(H,41,45)(H,43,46). The molecule has 0 aliphatic carbocycles. The Morgan fingerprint density at radius 3 is 2.39 bits per heavy atom. The lowest BCUT2D eigenvalue weighted by Crippen LogP contribution is -2.45. The fourth-order valence-corrected chi connectivity index (χ4v) is 5.76. The third kappa shape index (κ3) is 10.3. The van der Waals surface area contributed by atoms with Gasteiger partial charge in [0.1, 0.15) is 0 Å². The summed E-state index contributed by atoms with van der Waals surface area (Å²) >= 11 is 0. The molecule has 0 saturated carbocycles. The van der Waals surface area contributed by atoms with E-state index in [1.807, 2.05) is 18.0 Å². The average Bonchev–Trinajstić information content (AvgIpc) is 3.05. The molecular formula is C34H38F3N7O4S. The van der Waals surface area contributed by atoms with Crippen molar-refractivity contribution in [1.82, 2.24) is 14.9 Å². The number of carbonyl (C=O) groups is 2. The molecule has 0 bridgehead atoms. The Labute approximate surface area is 283 Å². The number of nitrogens with zero attached hydrogens (tertiary/aromatic N) is 3. The van der Waals surface area contributed by atoms with E-state index >= 15 is 0 Å². The first-order chi connectivity index (χ1) is 23.2. The van der Waals surface area contributed by atoms with Gasteiger partial charge in [-0.3, -0.25) is 9.59 Å². The first-order valence-electron chi connectivity index (χ1n) is 15.3. The SMILES string of the molecule is C=CCCN(C)CCNS(=O)(=O)c1ccc(NC2=NC(C)C(NC(=O)c3cc(NC(=O)c4cccc(C(F)(F)F)c4)ccc3C)C=N2)cc1. The fraction of sp³-hybridized carbons (Fsp3) is 0.294. The first-order valence-corrected chi connectivity index (χ1v) is 16.8. The maximum absolute atomic E-state index is 13.2. The molecule has 3 aromatic rings. The molecule has 2 atom stereocenters. The number of benzene rings is 3. The van der Waals surface area contributed by atoms with Crippen LogP contribution in [0.15, 0.2) is 94.3 Å². The van der Waals surface area contributed by atoms with Crippen LogP contribution in [0.3, 0.4) is 0 Å². The first kappa shape index (κ1) is 37.0. The Balaban J connectivity index is 1.33. The Morgan fingerprint density at radius 1 is 1.00 bits per heavy atom. The molecule has 2 amide bonds. The van der Waals surface area contributed by atoms with E-state index in [0.717, 1.165) is 31.2 Å². The Morgan fingerprint density at radius 2 is 1.71 bits per heavy atom. The van der Waals surface area contributed by atoms with Crippen LogP contribution in [0.2, 0.25) is 0 Å². The normalized spacial score (nSPS) is 16.2. The van der Waals surface area contributed by atoms with Crippen molar-refractivity contribution in [1.29, 1.82) is 0 Å². The van der Waals surface area contributed by atoms with Crippen LogP contribution >= 0.6 is 0 Å². The van der Waals surface area contributed by atoms with Gasteiger partial charge in [0, 0.05) is 48.4 Å². The van der Waals surface area contributed by atoms with Crippen LogP contribution in [-0.4, -0.2) is 76.1 Å². The van der Waals surface area contributed by atoms with Crippen LogP contribution in [0.4, 0.5) is 24.5 Å². The maximum Gasteiger partial charge on any atom is 0.416 e. The predicted octanol–water partition coefficient (Wildman–Crippen LogP) is 5.09. The number of aliphatic imine (C=N–C) groups is 2. The van der Waals surface area contributed by atoms with E-state index < -0.39 is 45.7 Å². The summed E-state index contributed by atoms with van der Waals surface area (Å²) in [5.74, 6) is -0.948. The highest BCUT2D eigenvalue weighted by Crippen LogP contribution is 2.30. The predicted molar refractivity (Wildman–Crippen MR) is 185 cm³/mol. The summed E-state index contributed by atoms with van der Waals surface area (Å²) in [5.41, 5.74) is 0.530. The lowest BCUT2D eigenvalue weighted by atomic mass is 10.0. The van der Waals surface area contributed by atoms with Crippen molar-refractivity contribution in [2.45, 2.75) is 43.4 Å². The fourth-order valence-electron chi connectivity index (χ4n) is 4.74. The van der Waals surface area contributed by atoms with Gasteiger partial charge in [-0.25, -0.2) is 23.1 Å². The number of rotatable bonds is 13. The monoisotopic (exact) mass is 697 g/mol. The zero-order valence-electron chi connectivity index (χ0n) is 27.2. The second-order valence-corrected chi connectivity index (χ2v) is 13.2. The molecule has 49 heavy (non-hydrogen) atoms. The van der Waals surface area contributed by atoms with Crippen LogP contribution in [0, 0.1) is 6.92 Å². The van der Waals surface area contributed by atoms with Crippen LogP contribution in [0.5, 0.6) is 0 Å². The lowest BCUT2D eigenvalue weighted by Gasteiger charge is -2.23. The van der Waals surface area contributed by atoms with Gasteiger partial charge in [-0.05, 0) is 87.5 Å². The highest BCUT2D eigenvalue weighted by Gasteiger charge is 2.31. The number of carbonyl (C=O) groups excluding carboxylic acids is 2. The zero-order valence-corrected chi connectivity index (χ0v) is 28.0. The van der Waals surface area contributed by atoms with Crippen LogP contribution < -0.4 is 20.7 Å². The number of alkyl halides is 3. The summed E-state index contributed by atoms with van der Waals surface area (Å²) in [4.78, 5) is 36.9. The van der Waals surface area contributed by atoms with Crippen molar-refractivity contribution in [2.75, 3.05) is 37.3 Å². The van der Waals surface area contributed by atoms with Gasteiger partial charge in [0.2, 0.25) is 16.0 Å². The van der Waals surface area contributed by atoms with E-state index in [0.29, 0.717) is 17.8 Å². The molecule has 0 saturated heterocycles. The Bertz CT molecular complexity index is 1840. The van der Waals surface area contributed by atoms with Crippen molar-refractivity contribution in [2.24, 2.45) is 9.98 Å². The molecule has 2 unspecified atom stereocenters. The van der Waals surface area contributed by atoms with Gasteiger partial charge in [-0.2, -0.15) is 13.2 Å². The summed E-state index contributed by atoms with van der Waals surface area (Å²) in [6, 6.07) is 13.8. The van der Waals surface area contributed by atoms with Gasteiger partial charge in [0.15, 0.2) is 0 Å². The second-order valence-electron chi connectivity index (χ2n) is 11.5. The quantitative estimate of drug-likeness (QED) is 0.183. The molecule has 0 aromatic heterocycles. The number of likely N-dealkylation sites (N-methyl/N-ethyl adjacent to an activating group) is 1.